The van der Waals surface area contributed by atoms with E-state index in [1.807, 2.05) is 34.6 Å². The van der Waals surface area contributed by atoms with Gasteiger partial charge < -0.3 is 10.1 Å². The number of carbonyl (C=O) groups is 2. The van der Waals surface area contributed by atoms with E-state index in [2.05, 4.69) is 29.6 Å². The van der Waals surface area contributed by atoms with Crippen molar-refractivity contribution in [2.75, 3.05) is 5.32 Å². The first kappa shape index (κ1) is 23.5. The van der Waals surface area contributed by atoms with Gasteiger partial charge in [-0.2, -0.15) is 0 Å². The highest BCUT2D eigenvalue weighted by Crippen LogP contribution is 2.41. The number of ether oxygens (including phenoxy) is 1. The molecule has 1 amide bonds. The van der Waals surface area contributed by atoms with E-state index in [9.17, 15) is 9.59 Å². The van der Waals surface area contributed by atoms with Gasteiger partial charge in [-0.3, -0.25) is 4.79 Å². The van der Waals surface area contributed by atoms with Crippen molar-refractivity contribution in [2.24, 2.45) is 5.92 Å². The number of aryl methyl sites for hydroxylation is 1. The number of hydrogen-bond acceptors (Lipinski definition) is 4. The van der Waals surface area contributed by atoms with Gasteiger partial charge in [-0.15, -0.1) is 11.3 Å². The standard InChI is InChI=1S/C26H35NO3S/c1-16(2)15-22(28)27-25-24(26(29)30-17(3)4)23(18(5)31-25)21-13-11-20(12-14-21)19-9-7-6-8-10-19/h11-14,16-17,19H,6-10,15H2,1-5H3,(H,27,28). The van der Waals surface area contributed by atoms with Gasteiger partial charge in [0.2, 0.25) is 5.91 Å². The number of nitrogens with one attached hydrogen (secondary N) is 1. The third-order valence-electron chi connectivity index (χ3n) is 5.75. The van der Waals surface area contributed by atoms with Crippen LogP contribution in [-0.2, 0) is 9.53 Å². The molecule has 3 rings (SSSR count). The van der Waals surface area contributed by atoms with Crippen molar-refractivity contribution in [1.29, 1.82) is 0 Å². The molecule has 31 heavy (non-hydrogen) atoms. The maximum atomic E-state index is 13.0. The molecular weight excluding hydrogens is 406 g/mol. The Morgan fingerprint density at radius 3 is 2.29 bits per heavy atom. The molecule has 2 aromatic rings. The summed E-state index contributed by atoms with van der Waals surface area (Å²) < 4.78 is 5.55. The average Bonchev–Trinajstić information content (AvgIpc) is 3.03. The molecule has 1 fully saturated rings. The summed E-state index contributed by atoms with van der Waals surface area (Å²) in [5, 5.41) is 3.55. The Balaban J connectivity index is 1.96. The molecule has 1 aliphatic rings. The first-order valence-electron chi connectivity index (χ1n) is 11.5. The van der Waals surface area contributed by atoms with Gasteiger partial charge in [-0.05, 0) is 56.6 Å². The maximum absolute atomic E-state index is 13.0. The summed E-state index contributed by atoms with van der Waals surface area (Å²) in [7, 11) is 0. The van der Waals surface area contributed by atoms with Crippen LogP contribution in [0.4, 0.5) is 5.00 Å². The lowest BCUT2D eigenvalue weighted by Crippen LogP contribution is -2.17. The average molecular weight is 442 g/mol. The van der Waals surface area contributed by atoms with Crippen LogP contribution in [-0.4, -0.2) is 18.0 Å². The summed E-state index contributed by atoms with van der Waals surface area (Å²) in [5.41, 5.74) is 3.71. The molecule has 5 heteroatoms. The number of rotatable bonds is 7. The highest BCUT2D eigenvalue weighted by atomic mass is 32.1. The van der Waals surface area contributed by atoms with Gasteiger partial charge in [0.05, 0.1) is 6.10 Å². The SMILES string of the molecule is Cc1sc(NC(=O)CC(C)C)c(C(=O)OC(C)C)c1-c1ccc(C2CCCCC2)cc1. The summed E-state index contributed by atoms with van der Waals surface area (Å²) in [5.74, 6) is 0.432. The third kappa shape index (κ3) is 5.97. The van der Waals surface area contributed by atoms with Crippen LogP contribution in [0, 0.1) is 12.8 Å². The van der Waals surface area contributed by atoms with E-state index >= 15 is 0 Å². The number of anilines is 1. The van der Waals surface area contributed by atoms with Gasteiger partial charge in [0.25, 0.3) is 0 Å². The van der Waals surface area contributed by atoms with E-state index in [-0.39, 0.29) is 23.9 Å². The second-order valence-corrected chi connectivity index (χ2v) is 10.5. The van der Waals surface area contributed by atoms with Crippen LogP contribution in [0.5, 0.6) is 0 Å². The number of esters is 1. The Morgan fingerprint density at radius 1 is 1.06 bits per heavy atom. The van der Waals surface area contributed by atoms with Gasteiger partial charge in [0.1, 0.15) is 10.6 Å². The van der Waals surface area contributed by atoms with Crippen LogP contribution in [0.15, 0.2) is 24.3 Å². The van der Waals surface area contributed by atoms with Gasteiger partial charge in [-0.25, -0.2) is 4.79 Å². The normalized spacial score (nSPS) is 14.8. The largest absolute Gasteiger partial charge is 0.459 e. The lowest BCUT2D eigenvalue weighted by atomic mass is 9.83. The second-order valence-electron chi connectivity index (χ2n) is 9.29. The summed E-state index contributed by atoms with van der Waals surface area (Å²) in [6, 6.07) is 8.64. The first-order valence-corrected chi connectivity index (χ1v) is 12.3. The molecule has 0 saturated heterocycles. The van der Waals surface area contributed by atoms with Crippen LogP contribution < -0.4 is 5.32 Å². The Morgan fingerprint density at radius 2 is 1.71 bits per heavy atom. The Hall–Kier alpha value is -2.14. The van der Waals surface area contributed by atoms with Crippen molar-refractivity contribution in [2.45, 2.75) is 85.2 Å². The summed E-state index contributed by atoms with van der Waals surface area (Å²) in [6.07, 6.45) is 6.66. The van der Waals surface area contributed by atoms with E-state index in [0.29, 0.717) is 22.9 Å². The maximum Gasteiger partial charge on any atom is 0.342 e. The fourth-order valence-electron chi connectivity index (χ4n) is 4.35. The molecule has 168 valence electrons. The minimum atomic E-state index is -0.384. The van der Waals surface area contributed by atoms with E-state index in [1.165, 1.54) is 49.0 Å². The summed E-state index contributed by atoms with van der Waals surface area (Å²) >= 11 is 1.45. The molecule has 0 unspecified atom stereocenters. The zero-order chi connectivity index (χ0) is 22.5. The lowest BCUT2D eigenvalue weighted by molar-refractivity contribution is -0.116. The molecular formula is C26H35NO3S. The molecule has 0 spiro atoms. The molecule has 4 nitrogen and oxygen atoms in total. The molecule has 0 radical (unpaired) electrons. The molecule has 1 saturated carbocycles. The minimum Gasteiger partial charge on any atom is -0.459 e. The molecule has 0 aliphatic heterocycles. The van der Waals surface area contributed by atoms with Crippen molar-refractivity contribution in [1.82, 2.24) is 0 Å². The quantitative estimate of drug-likeness (QED) is 0.458. The predicted molar refractivity (Wildman–Crippen MR) is 129 cm³/mol. The summed E-state index contributed by atoms with van der Waals surface area (Å²) in [4.78, 5) is 26.5. The zero-order valence-corrected chi connectivity index (χ0v) is 20.2. The van der Waals surface area contributed by atoms with Crippen LogP contribution >= 0.6 is 11.3 Å². The predicted octanol–water partition coefficient (Wildman–Crippen LogP) is 7.32. The highest BCUT2D eigenvalue weighted by molar-refractivity contribution is 7.17. The molecule has 1 aliphatic carbocycles. The third-order valence-corrected chi connectivity index (χ3v) is 6.77. The first-order chi connectivity index (χ1) is 14.8. The van der Waals surface area contributed by atoms with Crippen molar-refractivity contribution in [3.05, 3.63) is 40.3 Å². The molecule has 1 heterocycles. The monoisotopic (exact) mass is 441 g/mol. The zero-order valence-electron chi connectivity index (χ0n) is 19.4. The van der Waals surface area contributed by atoms with Gasteiger partial charge in [0.15, 0.2) is 0 Å². The van der Waals surface area contributed by atoms with Gasteiger partial charge in [-0.1, -0.05) is 57.4 Å². The molecule has 1 aromatic heterocycles. The molecule has 0 atom stereocenters. The van der Waals surface area contributed by atoms with Crippen molar-refractivity contribution >= 4 is 28.2 Å². The molecule has 0 bridgehead atoms. The van der Waals surface area contributed by atoms with Crippen LogP contribution in [0.2, 0.25) is 0 Å². The van der Waals surface area contributed by atoms with Crippen molar-refractivity contribution in [3.63, 3.8) is 0 Å². The minimum absolute atomic E-state index is 0.0750. The molecule has 1 aromatic carbocycles. The van der Waals surface area contributed by atoms with E-state index in [1.54, 1.807) is 0 Å². The van der Waals surface area contributed by atoms with E-state index in [4.69, 9.17) is 4.74 Å². The Bertz CT molecular complexity index is 905. The fraction of sp³-hybridized carbons (Fsp3) is 0.538. The van der Waals surface area contributed by atoms with Crippen LogP contribution in [0.3, 0.4) is 0 Å². The van der Waals surface area contributed by atoms with Crippen molar-refractivity contribution in [3.8, 4) is 11.1 Å². The number of carbonyl (C=O) groups excluding carboxylic acids is 2. The van der Waals surface area contributed by atoms with Crippen molar-refractivity contribution < 1.29 is 14.3 Å². The number of amides is 1. The van der Waals surface area contributed by atoms with E-state index < -0.39 is 0 Å². The second kappa shape index (κ2) is 10.4. The van der Waals surface area contributed by atoms with Crippen LogP contribution in [0.25, 0.3) is 11.1 Å². The fourth-order valence-corrected chi connectivity index (χ4v) is 5.43. The number of thiophene rings is 1. The van der Waals surface area contributed by atoms with Gasteiger partial charge >= 0.3 is 5.97 Å². The van der Waals surface area contributed by atoms with Crippen LogP contribution in [0.1, 0.15) is 92.9 Å². The lowest BCUT2D eigenvalue weighted by Gasteiger charge is -2.22. The highest BCUT2D eigenvalue weighted by Gasteiger charge is 2.26. The number of hydrogen-bond donors (Lipinski definition) is 1. The van der Waals surface area contributed by atoms with E-state index in [0.717, 1.165) is 16.0 Å². The Kier molecular flexibility index (Phi) is 7.93. The number of benzene rings is 1. The molecule has 1 N–H and O–H groups in total. The summed E-state index contributed by atoms with van der Waals surface area (Å²) in [6.45, 7) is 9.69. The topological polar surface area (TPSA) is 55.4 Å². The smallest absolute Gasteiger partial charge is 0.342 e. The Labute approximate surface area is 190 Å². The van der Waals surface area contributed by atoms with Gasteiger partial charge in [0, 0.05) is 16.9 Å².